The molecule has 0 saturated heterocycles. The van der Waals surface area contributed by atoms with Gasteiger partial charge in [-0.05, 0) is 43.5 Å². The van der Waals surface area contributed by atoms with Crippen molar-refractivity contribution in [1.82, 2.24) is 5.32 Å². The highest BCUT2D eigenvalue weighted by atomic mass is 79.9. The van der Waals surface area contributed by atoms with Crippen molar-refractivity contribution in [2.75, 3.05) is 18.5 Å². The largest absolute Gasteiger partial charge is 0.372 e. The third kappa shape index (κ3) is 4.81. The number of halogens is 1. The Bertz CT molecular complexity index is 375. The van der Waals surface area contributed by atoms with Crippen molar-refractivity contribution in [3.05, 3.63) is 28.2 Å². The van der Waals surface area contributed by atoms with Crippen molar-refractivity contribution < 1.29 is 0 Å². The number of rotatable bonds is 8. The molecule has 0 amide bonds. The number of hydrogen-bond acceptors (Lipinski definition) is 2. The van der Waals surface area contributed by atoms with Gasteiger partial charge in [0.25, 0.3) is 0 Å². The summed E-state index contributed by atoms with van der Waals surface area (Å²) < 4.78 is 1.20. The molecule has 19 heavy (non-hydrogen) atoms. The molecule has 1 rings (SSSR count). The molecular weight excluding hydrogens is 300 g/mol. The van der Waals surface area contributed by atoms with Gasteiger partial charge >= 0.3 is 0 Å². The van der Waals surface area contributed by atoms with Gasteiger partial charge in [0.1, 0.15) is 0 Å². The van der Waals surface area contributed by atoms with Gasteiger partial charge in [-0.15, -0.1) is 0 Å². The van der Waals surface area contributed by atoms with E-state index in [1.54, 1.807) is 0 Å². The highest BCUT2D eigenvalue weighted by molar-refractivity contribution is 9.10. The maximum Gasteiger partial charge on any atom is 0.0377 e. The lowest BCUT2D eigenvalue weighted by Gasteiger charge is -2.29. The molecule has 1 aromatic carbocycles. The molecule has 0 bridgehead atoms. The van der Waals surface area contributed by atoms with Crippen molar-refractivity contribution in [3.8, 4) is 0 Å². The van der Waals surface area contributed by atoms with E-state index < -0.39 is 0 Å². The maximum absolute atomic E-state index is 3.69. The lowest BCUT2D eigenvalue weighted by Crippen LogP contribution is -2.30. The summed E-state index contributed by atoms with van der Waals surface area (Å²) in [6.45, 7) is 8.70. The summed E-state index contributed by atoms with van der Waals surface area (Å²) in [6.07, 6.45) is 3.54. The first-order valence-corrected chi connectivity index (χ1v) is 8.15. The van der Waals surface area contributed by atoms with Crippen LogP contribution in [0.1, 0.15) is 45.6 Å². The molecule has 1 aromatic rings. The minimum absolute atomic E-state index is 0.621. The summed E-state index contributed by atoms with van der Waals surface area (Å²) in [5.41, 5.74) is 2.62. The Morgan fingerprint density at radius 1 is 1.21 bits per heavy atom. The fraction of sp³-hybridized carbons (Fsp3) is 0.625. The van der Waals surface area contributed by atoms with Crippen molar-refractivity contribution in [1.29, 1.82) is 0 Å². The average Bonchev–Trinajstić information content (AvgIpc) is 2.42. The fourth-order valence-electron chi connectivity index (χ4n) is 2.35. The van der Waals surface area contributed by atoms with E-state index >= 15 is 0 Å². The van der Waals surface area contributed by atoms with Crippen molar-refractivity contribution in [2.24, 2.45) is 0 Å². The maximum atomic E-state index is 3.69. The highest BCUT2D eigenvalue weighted by Crippen LogP contribution is 2.26. The molecule has 2 nitrogen and oxygen atoms in total. The molecular formula is C16H27BrN2. The second-order valence-electron chi connectivity index (χ2n) is 5.03. The predicted octanol–water partition coefficient (Wildman–Crippen LogP) is 4.57. The first-order valence-electron chi connectivity index (χ1n) is 7.35. The van der Waals surface area contributed by atoms with Crippen LogP contribution < -0.4 is 10.2 Å². The van der Waals surface area contributed by atoms with E-state index in [0.29, 0.717) is 6.04 Å². The molecule has 0 spiro atoms. The molecule has 0 radical (unpaired) electrons. The number of hydrogen-bond donors (Lipinski definition) is 1. The molecule has 0 aromatic heterocycles. The third-order valence-electron chi connectivity index (χ3n) is 3.68. The van der Waals surface area contributed by atoms with Gasteiger partial charge in [-0.1, -0.05) is 42.8 Å². The SMILES string of the molecule is CCCNCc1ccc(N(C)C(CC)CC)cc1Br. The molecule has 0 saturated carbocycles. The van der Waals surface area contributed by atoms with Crippen LogP contribution in [0, 0.1) is 0 Å². The minimum Gasteiger partial charge on any atom is -0.372 e. The molecule has 0 heterocycles. The van der Waals surface area contributed by atoms with E-state index in [1.165, 1.54) is 35.0 Å². The normalized spacial score (nSPS) is 11.1. The number of nitrogens with one attached hydrogen (secondary N) is 1. The van der Waals surface area contributed by atoms with Crippen LogP contribution in [0.2, 0.25) is 0 Å². The van der Waals surface area contributed by atoms with Crippen LogP contribution in [0.5, 0.6) is 0 Å². The standard InChI is InChI=1S/C16H27BrN2/c1-5-10-18-12-13-8-9-15(11-16(13)17)19(4)14(6-2)7-3/h8-9,11,14,18H,5-7,10,12H2,1-4H3. The second kappa shape index (κ2) is 8.60. The van der Waals surface area contributed by atoms with Crippen LogP contribution in [0.4, 0.5) is 5.69 Å². The topological polar surface area (TPSA) is 15.3 Å². The Hall–Kier alpha value is -0.540. The molecule has 3 heteroatoms. The van der Waals surface area contributed by atoms with Crippen LogP contribution in [0.25, 0.3) is 0 Å². The van der Waals surface area contributed by atoms with E-state index in [1.807, 2.05) is 0 Å². The zero-order valence-electron chi connectivity index (χ0n) is 12.7. The van der Waals surface area contributed by atoms with Gasteiger partial charge in [-0.3, -0.25) is 0 Å². The molecule has 0 aliphatic heterocycles. The van der Waals surface area contributed by atoms with Gasteiger partial charge in [0, 0.05) is 29.8 Å². The van der Waals surface area contributed by atoms with Crippen LogP contribution in [0.15, 0.2) is 22.7 Å². The van der Waals surface area contributed by atoms with Gasteiger partial charge < -0.3 is 10.2 Å². The van der Waals surface area contributed by atoms with Crippen LogP contribution >= 0.6 is 15.9 Å². The quantitative estimate of drug-likeness (QED) is 0.704. The average molecular weight is 327 g/mol. The smallest absolute Gasteiger partial charge is 0.0377 e. The zero-order valence-corrected chi connectivity index (χ0v) is 14.3. The van der Waals surface area contributed by atoms with Gasteiger partial charge in [0.15, 0.2) is 0 Å². The zero-order chi connectivity index (χ0) is 14.3. The van der Waals surface area contributed by atoms with Crippen LogP contribution in [-0.4, -0.2) is 19.6 Å². The molecule has 0 atom stereocenters. The lowest BCUT2D eigenvalue weighted by atomic mass is 10.1. The molecule has 108 valence electrons. The summed E-state index contributed by atoms with van der Waals surface area (Å²) >= 11 is 3.69. The Morgan fingerprint density at radius 2 is 1.89 bits per heavy atom. The fourth-order valence-corrected chi connectivity index (χ4v) is 2.85. The van der Waals surface area contributed by atoms with Gasteiger partial charge in [0.2, 0.25) is 0 Å². The summed E-state index contributed by atoms with van der Waals surface area (Å²) in [4.78, 5) is 2.38. The van der Waals surface area contributed by atoms with E-state index in [4.69, 9.17) is 0 Å². The van der Waals surface area contributed by atoms with Gasteiger partial charge in [-0.25, -0.2) is 0 Å². The number of benzene rings is 1. The lowest BCUT2D eigenvalue weighted by molar-refractivity contribution is 0.591. The Labute approximate surface area is 126 Å². The van der Waals surface area contributed by atoms with E-state index in [0.717, 1.165) is 13.1 Å². The summed E-state index contributed by atoms with van der Waals surface area (Å²) in [5.74, 6) is 0. The predicted molar refractivity (Wildman–Crippen MR) is 88.9 cm³/mol. The van der Waals surface area contributed by atoms with E-state index in [-0.39, 0.29) is 0 Å². The Balaban J connectivity index is 2.75. The molecule has 0 fully saturated rings. The van der Waals surface area contributed by atoms with Crippen molar-refractivity contribution in [2.45, 2.75) is 52.6 Å². The first-order chi connectivity index (χ1) is 9.13. The molecule has 1 N–H and O–H groups in total. The second-order valence-corrected chi connectivity index (χ2v) is 5.89. The Kier molecular flexibility index (Phi) is 7.47. The molecule has 0 aliphatic rings. The molecule has 0 unspecified atom stereocenters. The summed E-state index contributed by atoms with van der Waals surface area (Å²) in [5, 5.41) is 3.44. The van der Waals surface area contributed by atoms with E-state index in [2.05, 4.69) is 72.2 Å². The monoisotopic (exact) mass is 326 g/mol. The minimum atomic E-state index is 0.621. The van der Waals surface area contributed by atoms with Crippen molar-refractivity contribution >= 4 is 21.6 Å². The van der Waals surface area contributed by atoms with Gasteiger partial charge in [0.05, 0.1) is 0 Å². The van der Waals surface area contributed by atoms with Crippen LogP contribution in [0.3, 0.4) is 0 Å². The van der Waals surface area contributed by atoms with Crippen molar-refractivity contribution in [3.63, 3.8) is 0 Å². The highest BCUT2D eigenvalue weighted by Gasteiger charge is 2.12. The summed E-state index contributed by atoms with van der Waals surface area (Å²) in [6, 6.07) is 7.31. The van der Waals surface area contributed by atoms with E-state index in [9.17, 15) is 0 Å². The number of nitrogens with zero attached hydrogens (tertiary/aromatic N) is 1. The van der Waals surface area contributed by atoms with Crippen LogP contribution in [-0.2, 0) is 6.54 Å². The number of anilines is 1. The first kappa shape index (κ1) is 16.5. The Morgan fingerprint density at radius 3 is 2.42 bits per heavy atom. The third-order valence-corrected chi connectivity index (χ3v) is 4.41. The summed E-state index contributed by atoms with van der Waals surface area (Å²) in [7, 11) is 2.19. The molecule has 0 aliphatic carbocycles. The van der Waals surface area contributed by atoms with Gasteiger partial charge in [-0.2, -0.15) is 0 Å².